The highest BCUT2D eigenvalue weighted by Gasteiger charge is 2.13. The molecule has 0 aliphatic heterocycles. The highest BCUT2D eigenvalue weighted by Crippen LogP contribution is 2.30. The number of nitrogens with one attached hydrogen (secondary N) is 2. The normalized spacial score (nSPS) is 11.2. The molecule has 6 rings (SSSR count). The van der Waals surface area contributed by atoms with Gasteiger partial charge < -0.3 is 24.7 Å². The Hall–Kier alpha value is -4.64. The first kappa shape index (κ1) is 23.7. The summed E-state index contributed by atoms with van der Waals surface area (Å²) in [6.07, 6.45) is 6.10. The van der Waals surface area contributed by atoms with Crippen molar-refractivity contribution in [3.05, 3.63) is 126 Å². The molecule has 0 amide bonds. The van der Waals surface area contributed by atoms with Crippen LogP contribution in [0.1, 0.15) is 22.3 Å². The Kier molecular flexibility index (Phi) is 6.26. The van der Waals surface area contributed by atoms with Gasteiger partial charge >= 0.3 is 0 Å². The molecule has 4 aromatic carbocycles. The molecule has 0 bridgehead atoms. The van der Waals surface area contributed by atoms with Crippen LogP contribution in [-0.4, -0.2) is 16.2 Å². The third-order valence-electron chi connectivity index (χ3n) is 7.38. The minimum atomic E-state index is 0.792. The summed E-state index contributed by atoms with van der Waals surface area (Å²) < 4.78 is 9.97. The maximum Gasteiger partial charge on any atom is 0.119 e. The quantitative estimate of drug-likeness (QED) is 0.216. The zero-order chi connectivity index (χ0) is 26.1. The number of hydrazine groups is 1. The molecule has 0 saturated heterocycles. The van der Waals surface area contributed by atoms with E-state index in [1.807, 2.05) is 6.07 Å². The summed E-state index contributed by atoms with van der Waals surface area (Å²) in [6, 6.07) is 31.8. The van der Waals surface area contributed by atoms with Gasteiger partial charge in [0.25, 0.3) is 0 Å². The van der Waals surface area contributed by atoms with Crippen LogP contribution in [0.2, 0.25) is 0 Å². The summed E-state index contributed by atoms with van der Waals surface area (Å²) >= 11 is 0. The SMILES string of the molecule is COc1ccc(NNc2ccccc2Cc2cn(C)c3ccccc23)c(Cc2cn(C)c3ccccc23)c1. The largest absolute Gasteiger partial charge is 0.497 e. The third kappa shape index (κ3) is 4.48. The summed E-state index contributed by atoms with van der Waals surface area (Å²) in [5.41, 5.74) is 16.6. The van der Waals surface area contributed by atoms with E-state index in [1.54, 1.807) is 7.11 Å². The number of aryl methyl sites for hydroxylation is 2. The summed E-state index contributed by atoms with van der Waals surface area (Å²) in [5, 5.41) is 2.57. The van der Waals surface area contributed by atoms with E-state index in [1.165, 1.54) is 44.1 Å². The predicted molar refractivity (Wildman–Crippen MR) is 158 cm³/mol. The number of nitrogens with zero attached hydrogens (tertiary/aromatic N) is 2. The van der Waals surface area contributed by atoms with Gasteiger partial charge in [-0.2, -0.15) is 0 Å². The van der Waals surface area contributed by atoms with Gasteiger partial charge in [0, 0.05) is 61.1 Å². The molecule has 0 saturated carbocycles. The minimum absolute atomic E-state index is 0.792. The van der Waals surface area contributed by atoms with Crippen molar-refractivity contribution in [2.24, 2.45) is 14.1 Å². The predicted octanol–water partition coefficient (Wildman–Crippen LogP) is 7.30. The van der Waals surface area contributed by atoms with Crippen molar-refractivity contribution in [1.29, 1.82) is 0 Å². The molecular weight excluding hydrogens is 468 g/mol. The Morgan fingerprint density at radius 1 is 0.579 bits per heavy atom. The van der Waals surface area contributed by atoms with Gasteiger partial charge in [-0.1, -0.05) is 54.6 Å². The lowest BCUT2D eigenvalue weighted by molar-refractivity contribution is 0.414. The maximum atomic E-state index is 5.57. The van der Waals surface area contributed by atoms with Crippen LogP contribution in [0.5, 0.6) is 5.75 Å². The molecule has 2 heterocycles. The number of methoxy groups -OCH3 is 1. The Balaban J connectivity index is 1.28. The molecule has 0 atom stereocenters. The van der Waals surface area contributed by atoms with Gasteiger partial charge in [-0.3, -0.25) is 0 Å². The molecule has 38 heavy (non-hydrogen) atoms. The topological polar surface area (TPSA) is 43.1 Å². The van der Waals surface area contributed by atoms with E-state index in [0.717, 1.165) is 30.0 Å². The van der Waals surface area contributed by atoms with Gasteiger partial charge in [0.15, 0.2) is 0 Å². The average molecular weight is 501 g/mol. The fraction of sp³-hybridized carbons (Fsp3) is 0.152. The maximum absolute atomic E-state index is 5.57. The molecule has 6 aromatic rings. The first-order valence-corrected chi connectivity index (χ1v) is 12.9. The average Bonchev–Trinajstić information content (AvgIpc) is 3.44. The zero-order valence-corrected chi connectivity index (χ0v) is 22.0. The van der Waals surface area contributed by atoms with Gasteiger partial charge in [-0.25, -0.2) is 0 Å². The van der Waals surface area contributed by atoms with Crippen molar-refractivity contribution in [3.8, 4) is 5.75 Å². The van der Waals surface area contributed by atoms with E-state index in [-0.39, 0.29) is 0 Å². The molecule has 0 aliphatic rings. The van der Waals surface area contributed by atoms with E-state index < -0.39 is 0 Å². The lowest BCUT2D eigenvalue weighted by atomic mass is 10.0. The standard InChI is InChI=1S/C33H32N4O/c1-36-21-25(28-11-5-8-14-32(28)36)18-23-10-4-7-13-30(23)34-35-31-17-16-27(38-3)20-24(31)19-26-22-37(2)33-15-9-6-12-29(26)33/h4-17,20-22,34-35H,18-19H2,1-3H3. The second-order valence-corrected chi connectivity index (χ2v) is 9.85. The highest BCUT2D eigenvalue weighted by atomic mass is 16.5. The number of aromatic nitrogens is 2. The lowest BCUT2D eigenvalue weighted by Crippen LogP contribution is -2.12. The smallest absolute Gasteiger partial charge is 0.119 e. The van der Waals surface area contributed by atoms with Gasteiger partial charge in [-0.05, 0) is 58.7 Å². The number of benzene rings is 4. The molecule has 5 heteroatoms. The Morgan fingerprint density at radius 3 is 1.74 bits per heavy atom. The summed E-state index contributed by atoms with van der Waals surface area (Å²) in [6.45, 7) is 0. The van der Waals surface area contributed by atoms with Crippen molar-refractivity contribution < 1.29 is 4.74 Å². The summed E-state index contributed by atoms with van der Waals surface area (Å²) in [5.74, 6) is 0.849. The summed E-state index contributed by atoms with van der Waals surface area (Å²) in [4.78, 5) is 0. The van der Waals surface area contributed by atoms with Crippen molar-refractivity contribution in [3.63, 3.8) is 0 Å². The number of fused-ring (bicyclic) bond motifs is 2. The monoisotopic (exact) mass is 500 g/mol. The van der Waals surface area contributed by atoms with Crippen molar-refractivity contribution >= 4 is 33.2 Å². The van der Waals surface area contributed by atoms with Crippen LogP contribution in [-0.2, 0) is 26.9 Å². The third-order valence-corrected chi connectivity index (χ3v) is 7.38. The van der Waals surface area contributed by atoms with Crippen LogP contribution in [0.25, 0.3) is 21.8 Å². The van der Waals surface area contributed by atoms with E-state index in [2.05, 4.69) is 131 Å². The number of hydrogen-bond acceptors (Lipinski definition) is 3. The molecule has 0 unspecified atom stereocenters. The highest BCUT2D eigenvalue weighted by molar-refractivity contribution is 5.85. The van der Waals surface area contributed by atoms with Gasteiger partial charge in [0.1, 0.15) is 5.75 Å². The molecule has 0 spiro atoms. The summed E-state index contributed by atoms with van der Waals surface area (Å²) in [7, 11) is 5.93. The molecular formula is C33H32N4O. The molecule has 0 radical (unpaired) electrons. The fourth-order valence-electron chi connectivity index (χ4n) is 5.44. The van der Waals surface area contributed by atoms with Crippen molar-refractivity contribution in [2.45, 2.75) is 12.8 Å². The molecule has 5 nitrogen and oxygen atoms in total. The second-order valence-electron chi connectivity index (χ2n) is 9.85. The Bertz CT molecular complexity index is 1740. The van der Waals surface area contributed by atoms with Gasteiger partial charge in [0.05, 0.1) is 18.5 Å². The number of hydrogen-bond donors (Lipinski definition) is 2. The van der Waals surface area contributed by atoms with E-state index in [9.17, 15) is 0 Å². The Labute approximate surface area is 223 Å². The first-order chi connectivity index (χ1) is 18.6. The van der Waals surface area contributed by atoms with Crippen LogP contribution in [0.3, 0.4) is 0 Å². The molecule has 0 fully saturated rings. The van der Waals surface area contributed by atoms with Gasteiger partial charge in [-0.15, -0.1) is 0 Å². The van der Waals surface area contributed by atoms with Crippen LogP contribution in [0.15, 0.2) is 103 Å². The molecule has 2 N–H and O–H groups in total. The number of para-hydroxylation sites is 3. The first-order valence-electron chi connectivity index (χ1n) is 12.9. The van der Waals surface area contributed by atoms with Gasteiger partial charge in [0.2, 0.25) is 0 Å². The molecule has 0 aliphatic carbocycles. The van der Waals surface area contributed by atoms with E-state index >= 15 is 0 Å². The van der Waals surface area contributed by atoms with Crippen LogP contribution < -0.4 is 15.6 Å². The van der Waals surface area contributed by atoms with E-state index in [0.29, 0.717) is 0 Å². The number of ether oxygens (including phenoxy) is 1. The van der Waals surface area contributed by atoms with Crippen molar-refractivity contribution in [1.82, 2.24) is 9.13 Å². The van der Waals surface area contributed by atoms with Crippen LogP contribution >= 0.6 is 0 Å². The second kappa shape index (κ2) is 10.0. The van der Waals surface area contributed by atoms with Crippen molar-refractivity contribution in [2.75, 3.05) is 18.0 Å². The lowest BCUT2D eigenvalue weighted by Gasteiger charge is -2.17. The van der Waals surface area contributed by atoms with Crippen LogP contribution in [0, 0.1) is 0 Å². The number of anilines is 2. The zero-order valence-electron chi connectivity index (χ0n) is 22.0. The number of rotatable bonds is 8. The molecule has 190 valence electrons. The van der Waals surface area contributed by atoms with E-state index in [4.69, 9.17) is 4.74 Å². The fourth-order valence-corrected chi connectivity index (χ4v) is 5.44. The minimum Gasteiger partial charge on any atom is -0.497 e. The molecule has 2 aromatic heterocycles. The van der Waals surface area contributed by atoms with Crippen LogP contribution in [0.4, 0.5) is 11.4 Å². The Morgan fingerprint density at radius 2 is 1.11 bits per heavy atom.